The lowest BCUT2D eigenvalue weighted by atomic mass is 10.0. The SMILES string of the molecule is c1ccc(-c2nc(-c3cccc([Si](c4ccccc4)(c4ccccc4)c4ccccc4)c3)nc(-c3ccc4ccc5oc6ccccc6c5c4c3)n2)cc1. The second-order valence-corrected chi connectivity index (χ2v) is 17.4. The minimum atomic E-state index is -2.77. The van der Waals surface area contributed by atoms with Gasteiger partial charge in [0, 0.05) is 27.5 Å². The van der Waals surface area contributed by atoms with E-state index < -0.39 is 8.07 Å². The first-order chi connectivity index (χ1) is 26.8. The van der Waals surface area contributed by atoms with E-state index in [-0.39, 0.29) is 0 Å². The summed E-state index contributed by atoms with van der Waals surface area (Å²) in [6.45, 7) is 0. The van der Waals surface area contributed by atoms with Gasteiger partial charge in [-0.1, -0.05) is 182 Å². The van der Waals surface area contributed by atoms with Crippen molar-refractivity contribution in [2.45, 2.75) is 0 Å². The van der Waals surface area contributed by atoms with E-state index in [9.17, 15) is 0 Å². The van der Waals surface area contributed by atoms with Gasteiger partial charge in [0.15, 0.2) is 25.5 Å². The Morgan fingerprint density at radius 2 is 0.815 bits per heavy atom. The molecule has 0 spiro atoms. The number of rotatable bonds is 7. The molecule has 0 fully saturated rings. The predicted molar refractivity (Wildman–Crippen MR) is 225 cm³/mol. The highest BCUT2D eigenvalue weighted by atomic mass is 28.3. The Hall–Kier alpha value is -6.95. The molecule has 4 nitrogen and oxygen atoms in total. The molecule has 10 rings (SSSR count). The highest BCUT2D eigenvalue weighted by Crippen LogP contribution is 2.36. The standard InChI is InChI=1S/C49H33N3OSi/c1-5-16-35(17-6-1)47-50-48(52-49(51-47)37-29-28-34-30-31-45-46(43(34)33-37)42-26-13-14-27-44(42)53-45)36-18-15-25-41(32-36)54(38-19-7-2-8-20-38,39-21-9-3-10-22-39)40-23-11-4-12-24-40/h1-33H. The van der Waals surface area contributed by atoms with E-state index in [0.29, 0.717) is 17.5 Å². The Bertz CT molecular complexity index is 2830. The van der Waals surface area contributed by atoms with E-state index in [2.05, 4.69) is 170 Å². The van der Waals surface area contributed by atoms with Crippen LogP contribution >= 0.6 is 0 Å². The summed E-state index contributed by atoms with van der Waals surface area (Å²) in [5.41, 5.74) is 4.53. The Kier molecular flexibility index (Phi) is 7.78. The molecule has 0 aliphatic carbocycles. The van der Waals surface area contributed by atoms with Crippen LogP contribution in [0, 0.1) is 0 Å². The number of para-hydroxylation sites is 1. The molecule has 2 heterocycles. The van der Waals surface area contributed by atoms with Crippen molar-refractivity contribution in [2.24, 2.45) is 0 Å². The van der Waals surface area contributed by atoms with Crippen molar-refractivity contribution in [1.29, 1.82) is 0 Å². The molecule has 0 radical (unpaired) electrons. The third-order valence-corrected chi connectivity index (χ3v) is 15.2. The summed E-state index contributed by atoms with van der Waals surface area (Å²) in [5, 5.41) is 9.62. The van der Waals surface area contributed by atoms with Gasteiger partial charge in [-0.3, -0.25) is 0 Å². The van der Waals surface area contributed by atoms with Crippen LogP contribution in [0.15, 0.2) is 205 Å². The van der Waals surface area contributed by atoms with Crippen LogP contribution in [0.2, 0.25) is 0 Å². The van der Waals surface area contributed by atoms with Gasteiger partial charge in [0.05, 0.1) is 0 Å². The van der Waals surface area contributed by atoms with Gasteiger partial charge in [0.1, 0.15) is 11.2 Å². The second-order valence-electron chi connectivity index (χ2n) is 13.6. The van der Waals surface area contributed by atoms with Gasteiger partial charge in [0.25, 0.3) is 0 Å². The van der Waals surface area contributed by atoms with E-state index in [4.69, 9.17) is 19.4 Å². The van der Waals surface area contributed by atoms with Crippen LogP contribution < -0.4 is 20.7 Å². The predicted octanol–water partition coefficient (Wildman–Crippen LogP) is 9.30. The smallest absolute Gasteiger partial charge is 0.179 e. The zero-order valence-electron chi connectivity index (χ0n) is 29.3. The maximum absolute atomic E-state index is 6.26. The quantitative estimate of drug-likeness (QED) is 0.122. The van der Waals surface area contributed by atoms with Gasteiger partial charge < -0.3 is 4.42 Å². The summed E-state index contributed by atoms with van der Waals surface area (Å²) in [4.78, 5) is 15.5. The van der Waals surface area contributed by atoms with Crippen LogP contribution in [-0.2, 0) is 0 Å². The molecule has 0 unspecified atom stereocenters. The Balaban J connectivity index is 1.20. The van der Waals surface area contributed by atoms with Crippen molar-refractivity contribution in [1.82, 2.24) is 15.0 Å². The summed E-state index contributed by atoms with van der Waals surface area (Å²) in [5.74, 6) is 1.88. The number of furan rings is 1. The number of fused-ring (bicyclic) bond motifs is 5. The summed E-state index contributed by atoms with van der Waals surface area (Å²) in [7, 11) is -2.77. The fourth-order valence-electron chi connectivity index (χ4n) is 7.99. The van der Waals surface area contributed by atoms with E-state index in [1.807, 2.05) is 30.3 Å². The van der Waals surface area contributed by atoms with Crippen LogP contribution in [0.25, 0.3) is 66.9 Å². The zero-order valence-corrected chi connectivity index (χ0v) is 30.3. The maximum Gasteiger partial charge on any atom is 0.179 e. The second kappa shape index (κ2) is 13.2. The highest BCUT2D eigenvalue weighted by Gasteiger charge is 2.41. The van der Waals surface area contributed by atoms with E-state index in [1.54, 1.807) is 0 Å². The Morgan fingerprint density at radius 3 is 1.44 bits per heavy atom. The molecule has 2 aromatic heterocycles. The molecular weight excluding hydrogens is 675 g/mol. The first-order valence-electron chi connectivity index (χ1n) is 18.2. The van der Waals surface area contributed by atoms with Crippen molar-refractivity contribution in [2.75, 3.05) is 0 Å². The van der Waals surface area contributed by atoms with E-state index in [1.165, 1.54) is 20.7 Å². The normalized spacial score (nSPS) is 11.7. The van der Waals surface area contributed by atoms with Crippen molar-refractivity contribution in [3.05, 3.63) is 200 Å². The first-order valence-corrected chi connectivity index (χ1v) is 20.2. The monoisotopic (exact) mass is 707 g/mol. The molecule has 0 N–H and O–H groups in total. The summed E-state index contributed by atoms with van der Waals surface area (Å²) in [6, 6.07) is 70.8. The zero-order chi connectivity index (χ0) is 35.9. The molecule has 0 aliphatic heterocycles. The number of hydrogen-bond acceptors (Lipinski definition) is 4. The molecule has 254 valence electrons. The lowest BCUT2D eigenvalue weighted by Crippen LogP contribution is -2.74. The van der Waals surface area contributed by atoms with Gasteiger partial charge in [-0.25, -0.2) is 15.0 Å². The Morgan fingerprint density at radius 1 is 0.333 bits per heavy atom. The molecule has 8 aromatic carbocycles. The van der Waals surface area contributed by atoms with Gasteiger partial charge in [-0.15, -0.1) is 0 Å². The molecule has 5 heteroatoms. The average molecular weight is 708 g/mol. The highest BCUT2D eigenvalue weighted by molar-refractivity contribution is 7.19. The molecular formula is C49H33N3OSi. The van der Waals surface area contributed by atoms with E-state index >= 15 is 0 Å². The van der Waals surface area contributed by atoms with Crippen molar-refractivity contribution >= 4 is 61.5 Å². The van der Waals surface area contributed by atoms with Crippen LogP contribution in [0.5, 0.6) is 0 Å². The average Bonchev–Trinajstić information content (AvgIpc) is 3.65. The minimum absolute atomic E-state index is 0.619. The van der Waals surface area contributed by atoms with Gasteiger partial charge in [0.2, 0.25) is 0 Å². The minimum Gasteiger partial charge on any atom is -0.456 e. The molecule has 10 aromatic rings. The topological polar surface area (TPSA) is 51.8 Å². The fourth-order valence-corrected chi connectivity index (χ4v) is 12.8. The number of hydrogen-bond donors (Lipinski definition) is 0. The molecule has 0 saturated carbocycles. The first kappa shape index (κ1) is 31.8. The lowest BCUT2D eigenvalue weighted by molar-refractivity contribution is 0.669. The summed E-state index contributed by atoms with van der Waals surface area (Å²) < 4.78 is 6.26. The van der Waals surface area contributed by atoms with Crippen LogP contribution in [-0.4, -0.2) is 23.0 Å². The third kappa shape index (κ3) is 5.33. The fraction of sp³-hybridized carbons (Fsp3) is 0. The van der Waals surface area contributed by atoms with E-state index in [0.717, 1.165) is 49.4 Å². The molecule has 0 saturated heterocycles. The van der Waals surface area contributed by atoms with Gasteiger partial charge >= 0.3 is 0 Å². The summed E-state index contributed by atoms with van der Waals surface area (Å²) >= 11 is 0. The van der Waals surface area contributed by atoms with Gasteiger partial charge in [-0.2, -0.15) is 0 Å². The van der Waals surface area contributed by atoms with Crippen molar-refractivity contribution < 1.29 is 4.42 Å². The van der Waals surface area contributed by atoms with Crippen LogP contribution in [0.4, 0.5) is 0 Å². The maximum atomic E-state index is 6.26. The molecule has 0 atom stereocenters. The van der Waals surface area contributed by atoms with Crippen LogP contribution in [0.1, 0.15) is 0 Å². The van der Waals surface area contributed by atoms with Crippen molar-refractivity contribution in [3.8, 4) is 34.2 Å². The van der Waals surface area contributed by atoms with Gasteiger partial charge in [-0.05, 0) is 49.7 Å². The molecule has 0 amide bonds. The lowest BCUT2D eigenvalue weighted by Gasteiger charge is -2.34. The largest absolute Gasteiger partial charge is 0.456 e. The Labute approximate surface area is 314 Å². The summed E-state index contributed by atoms with van der Waals surface area (Å²) in [6.07, 6.45) is 0. The van der Waals surface area contributed by atoms with Crippen molar-refractivity contribution in [3.63, 3.8) is 0 Å². The third-order valence-electron chi connectivity index (χ3n) is 10.5. The number of aromatic nitrogens is 3. The number of benzene rings is 8. The van der Waals surface area contributed by atoms with Crippen LogP contribution in [0.3, 0.4) is 0 Å². The molecule has 0 bridgehead atoms. The number of nitrogens with zero attached hydrogens (tertiary/aromatic N) is 3. The molecule has 0 aliphatic rings. The molecule has 54 heavy (non-hydrogen) atoms.